The third kappa shape index (κ3) is 2.39. The summed E-state index contributed by atoms with van der Waals surface area (Å²) in [6, 6.07) is 11.7. The molecule has 1 unspecified atom stereocenters. The van der Waals surface area contributed by atoms with Crippen molar-refractivity contribution in [3.63, 3.8) is 0 Å². The summed E-state index contributed by atoms with van der Waals surface area (Å²) < 4.78 is 0. The second kappa shape index (κ2) is 5.21. The van der Waals surface area contributed by atoms with Gasteiger partial charge in [0, 0.05) is 25.0 Å². The number of nitrogens with zero attached hydrogens (tertiary/aromatic N) is 2. The molecule has 4 heteroatoms. The molecule has 1 aromatic carbocycles. The number of benzene rings is 1. The second-order valence-electron chi connectivity index (χ2n) is 5.45. The van der Waals surface area contributed by atoms with Gasteiger partial charge in [0.2, 0.25) is 0 Å². The monoisotopic (exact) mass is 269 g/mol. The Morgan fingerprint density at radius 2 is 2.10 bits per heavy atom. The van der Waals surface area contributed by atoms with Gasteiger partial charge in [-0.05, 0) is 30.9 Å². The highest BCUT2D eigenvalue weighted by Crippen LogP contribution is 2.34. The number of likely N-dealkylation sites (N-methyl/N-ethyl adjacent to an activating group) is 1. The van der Waals surface area contributed by atoms with E-state index in [9.17, 15) is 4.79 Å². The smallest absolute Gasteiger partial charge is 0.272 e. The number of aromatic nitrogens is 1. The van der Waals surface area contributed by atoms with Crippen LogP contribution in [-0.2, 0) is 0 Å². The average Bonchev–Trinajstić information content (AvgIpc) is 3.31. The van der Waals surface area contributed by atoms with Gasteiger partial charge in [0.05, 0.1) is 5.52 Å². The van der Waals surface area contributed by atoms with Crippen LogP contribution in [0.2, 0.25) is 0 Å². The van der Waals surface area contributed by atoms with Gasteiger partial charge in [0.1, 0.15) is 5.69 Å². The molecule has 20 heavy (non-hydrogen) atoms. The largest absolute Gasteiger partial charge is 0.336 e. The molecule has 1 aromatic heterocycles. The lowest BCUT2D eigenvalue weighted by Gasteiger charge is -2.26. The normalized spacial score (nSPS) is 16.1. The topological polar surface area (TPSA) is 59.2 Å². The molecular formula is C16H19N3O. The fraction of sp³-hybridized carbons (Fsp3) is 0.375. The maximum Gasteiger partial charge on any atom is 0.272 e. The number of hydrogen-bond donors (Lipinski definition) is 1. The van der Waals surface area contributed by atoms with Crippen molar-refractivity contribution in [3.8, 4) is 0 Å². The van der Waals surface area contributed by atoms with E-state index >= 15 is 0 Å². The Kier molecular flexibility index (Phi) is 3.40. The third-order valence-electron chi connectivity index (χ3n) is 4.04. The van der Waals surface area contributed by atoms with Crippen LogP contribution in [0.15, 0.2) is 36.4 Å². The first kappa shape index (κ1) is 13.1. The van der Waals surface area contributed by atoms with Crippen LogP contribution in [-0.4, -0.2) is 35.4 Å². The number of carbonyl (C=O) groups is 1. The minimum absolute atomic E-state index is 0.0434. The minimum Gasteiger partial charge on any atom is -0.336 e. The Morgan fingerprint density at radius 3 is 2.80 bits per heavy atom. The van der Waals surface area contributed by atoms with Crippen molar-refractivity contribution in [2.75, 3.05) is 13.6 Å². The molecule has 1 aliphatic rings. The van der Waals surface area contributed by atoms with E-state index in [1.54, 1.807) is 11.0 Å². The van der Waals surface area contributed by atoms with Crippen LogP contribution in [0.3, 0.4) is 0 Å². The number of fused-ring (bicyclic) bond motifs is 1. The van der Waals surface area contributed by atoms with Crippen LogP contribution in [0.4, 0.5) is 0 Å². The zero-order valence-electron chi connectivity index (χ0n) is 11.6. The number of para-hydroxylation sites is 1. The Labute approximate surface area is 118 Å². The van der Waals surface area contributed by atoms with Crippen molar-refractivity contribution >= 4 is 16.8 Å². The van der Waals surface area contributed by atoms with Crippen LogP contribution < -0.4 is 5.73 Å². The van der Waals surface area contributed by atoms with Gasteiger partial charge in [-0.1, -0.05) is 24.3 Å². The van der Waals surface area contributed by atoms with E-state index in [1.807, 2.05) is 37.4 Å². The van der Waals surface area contributed by atoms with Gasteiger partial charge in [0.15, 0.2) is 0 Å². The number of carbonyl (C=O) groups excluding carboxylic acids is 1. The van der Waals surface area contributed by atoms with Gasteiger partial charge < -0.3 is 10.6 Å². The van der Waals surface area contributed by atoms with Gasteiger partial charge in [-0.15, -0.1) is 0 Å². The van der Waals surface area contributed by atoms with Gasteiger partial charge >= 0.3 is 0 Å². The molecule has 3 rings (SSSR count). The Hall–Kier alpha value is -1.94. The zero-order chi connectivity index (χ0) is 14.1. The van der Waals surface area contributed by atoms with E-state index in [-0.39, 0.29) is 11.9 Å². The Morgan fingerprint density at radius 1 is 1.35 bits per heavy atom. The highest BCUT2D eigenvalue weighted by Gasteiger charge is 2.35. The summed E-state index contributed by atoms with van der Waals surface area (Å²) >= 11 is 0. The quantitative estimate of drug-likeness (QED) is 0.924. The number of nitrogens with two attached hydrogens (primary N) is 1. The minimum atomic E-state index is -0.0434. The first-order valence-electron chi connectivity index (χ1n) is 7.03. The van der Waals surface area contributed by atoms with Gasteiger partial charge in [-0.2, -0.15) is 0 Å². The Balaban J connectivity index is 1.87. The van der Waals surface area contributed by atoms with E-state index in [0.717, 1.165) is 10.9 Å². The molecule has 2 N–H and O–H groups in total. The molecule has 1 heterocycles. The SMILES string of the molecule is CN(C(=O)c1ccc2ccccc2n1)C(CN)C1CC1. The lowest BCUT2D eigenvalue weighted by atomic mass is 10.1. The first-order valence-corrected chi connectivity index (χ1v) is 7.03. The lowest BCUT2D eigenvalue weighted by Crippen LogP contribution is -2.43. The van der Waals surface area contributed by atoms with E-state index in [4.69, 9.17) is 5.73 Å². The number of pyridine rings is 1. The van der Waals surface area contributed by atoms with Gasteiger partial charge in [-0.25, -0.2) is 4.98 Å². The summed E-state index contributed by atoms with van der Waals surface area (Å²) in [5, 5.41) is 1.05. The van der Waals surface area contributed by atoms with Crippen LogP contribution >= 0.6 is 0 Å². The molecule has 1 atom stereocenters. The first-order chi connectivity index (χ1) is 9.70. The standard InChI is InChI=1S/C16H19N3O/c1-19(15(10-17)12-6-7-12)16(20)14-9-8-11-4-2-3-5-13(11)18-14/h2-5,8-9,12,15H,6-7,10,17H2,1H3. The summed E-state index contributed by atoms with van der Waals surface area (Å²) in [6.45, 7) is 0.514. The number of amides is 1. The summed E-state index contributed by atoms with van der Waals surface area (Å²) in [4.78, 5) is 18.7. The molecule has 0 radical (unpaired) electrons. The fourth-order valence-electron chi connectivity index (χ4n) is 2.66. The van der Waals surface area contributed by atoms with Crippen LogP contribution in [0.5, 0.6) is 0 Å². The molecule has 1 aliphatic carbocycles. The molecule has 4 nitrogen and oxygen atoms in total. The number of rotatable bonds is 4. The van der Waals surface area contributed by atoms with Crippen LogP contribution in [0, 0.1) is 5.92 Å². The van der Waals surface area contributed by atoms with E-state index in [0.29, 0.717) is 18.2 Å². The van der Waals surface area contributed by atoms with Gasteiger partial charge in [-0.3, -0.25) is 4.79 Å². The fourth-order valence-corrected chi connectivity index (χ4v) is 2.66. The lowest BCUT2D eigenvalue weighted by molar-refractivity contribution is 0.0713. The van der Waals surface area contributed by atoms with E-state index in [2.05, 4.69) is 4.98 Å². The molecule has 0 saturated heterocycles. The summed E-state index contributed by atoms with van der Waals surface area (Å²) in [6.07, 6.45) is 2.34. The maximum atomic E-state index is 12.5. The van der Waals surface area contributed by atoms with Crippen molar-refractivity contribution in [3.05, 3.63) is 42.1 Å². The van der Waals surface area contributed by atoms with Crippen LogP contribution in [0.1, 0.15) is 23.3 Å². The van der Waals surface area contributed by atoms with Crippen molar-refractivity contribution in [1.82, 2.24) is 9.88 Å². The highest BCUT2D eigenvalue weighted by atomic mass is 16.2. The average molecular weight is 269 g/mol. The molecule has 0 spiro atoms. The van der Waals surface area contributed by atoms with E-state index in [1.165, 1.54) is 12.8 Å². The number of hydrogen-bond acceptors (Lipinski definition) is 3. The molecule has 2 aromatic rings. The molecule has 1 fully saturated rings. The molecule has 1 amide bonds. The van der Waals surface area contributed by atoms with Gasteiger partial charge in [0.25, 0.3) is 5.91 Å². The summed E-state index contributed by atoms with van der Waals surface area (Å²) in [5.41, 5.74) is 7.15. The summed E-state index contributed by atoms with van der Waals surface area (Å²) in [5.74, 6) is 0.521. The molecular weight excluding hydrogens is 250 g/mol. The van der Waals surface area contributed by atoms with Crippen LogP contribution in [0.25, 0.3) is 10.9 Å². The predicted molar refractivity (Wildman–Crippen MR) is 79.4 cm³/mol. The maximum absolute atomic E-state index is 12.5. The molecule has 0 bridgehead atoms. The second-order valence-corrected chi connectivity index (χ2v) is 5.45. The Bertz CT molecular complexity index is 636. The summed E-state index contributed by atoms with van der Waals surface area (Å²) in [7, 11) is 1.83. The zero-order valence-corrected chi connectivity index (χ0v) is 11.6. The van der Waals surface area contributed by atoms with Crippen molar-refractivity contribution in [2.45, 2.75) is 18.9 Å². The molecule has 104 valence electrons. The molecule has 1 saturated carbocycles. The van der Waals surface area contributed by atoms with Crippen molar-refractivity contribution in [1.29, 1.82) is 0 Å². The van der Waals surface area contributed by atoms with Crippen molar-refractivity contribution < 1.29 is 4.79 Å². The predicted octanol–water partition coefficient (Wildman–Crippen LogP) is 2.04. The highest BCUT2D eigenvalue weighted by molar-refractivity contribution is 5.95. The third-order valence-corrected chi connectivity index (χ3v) is 4.04. The van der Waals surface area contributed by atoms with Crippen molar-refractivity contribution in [2.24, 2.45) is 11.7 Å². The molecule has 0 aliphatic heterocycles. The van der Waals surface area contributed by atoms with E-state index < -0.39 is 0 Å².